The number of hydrogen-bond donors (Lipinski definition) is 1. The molecule has 0 spiro atoms. The Labute approximate surface area is 118 Å². The highest BCUT2D eigenvalue weighted by Crippen LogP contribution is 2.14. The molecule has 5 nitrogen and oxygen atoms in total. The zero-order valence-corrected chi connectivity index (χ0v) is 13.0. The molecule has 1 N–H and O–H groups in total. The zero-order chi connectivity index (χ0) is 15.1. The second kappa shape index (κ2) is 14.2. The third-order valence-electron chi connectivity index (χ3n) is 2.92. The van der Waals surface area contributed by atoms with Crippen molar-refractivity contribution >= 4 is 10.4 Å². The van der Waals surface area contributed by atoms with E-state index in [9.17, 15) is 0 Å². The molecule has 1 unspecified atom stereocenters. The highest BCUT2D eigenvalue weighted by molar-refractivity contribution is 7.79. The van der Waals surface area contributed by atoms with Crippen LogP contribution in [0.25, 0.3) is 0 Å². The van der Waals surface area contributed by atoms with Crippen molar-refractivity contribution in [2.24, 2.45) is 5.92 Å². The summed E-state index contributed by atoms with van der Waals surface area (Å²) in [5.41, 5.74) is 0. The van der Waals surface area contributed by atoms with Crippen LogP contribution in [-0.4, -0.2) is 29.2 Å². The van der Waals surface area contributed by atoms with Gasteiger partial charge in [0.05, 0.1) is 0 Å². The highest BCUT2D eigenvalue weighted by atomic mass is 32.3. The summed E-state index contributed by atoms with van der Waals surface area (Å²) in [4.78, 5) is 0. The Morgan fingerprint density at radius 1 is 0.947 bits per heavy atom. The quantitative estimate of drug-likeness (QED) is 0.379. The van der Waals surface area contributed by atoms with Crippen LogP contribution in [-0.2, 0) is 10.4 Å². The van der Waals surface area contributed by atoms with Crippen LogP contribution in [0.4, 0.5) is 0 Å². The molecule has 0 aliphatic rings. The van der Waals surface area contributed by atoms with Crippen molar-refractivity contribution in [2.75, 3.05) is 6.61 Å². The van der Waals surface area contributed by atoms with Crippen molar-refractivity contribution in [3.63, 3.8) is 0 Å². The van der Waals surface area contributed by atoms with Gasteiger partial charge in [-0.3, -0.25) is 8.42 Å². The van der Waals surface area contributed by atoms with Gasteiger partial charge in [0.25, 0.3) is 0 Å². The summed E-state index contributed by atoms with van der Waals surface area (Å²) in [7, 11) is -5.17. The summed E-state index contributed by atoms with van der Waals surface area (Å²) in [6.45, 7) is 4.86. The van der Waals surface area contributed by atoms with Gasteiger partial charge in [-0.05, 0) is 12.3 Å². The number of aliphatic hydroxyl groups excluding tert-OH is 1. The van der Waals surface area contributed by atoms with Gasteiger partial charge in [0, 0.05) is 17.0 Å². The largest absolute Gasteiger partial charge is 0.759 e. The molecule has 0 heterocycles. The van der Waals surface area contributed by atoms with Crippen molar-refractivity contribution < 1.29 is 22.6 Å². The Morgan fingerprint density at radius 3 is 1.79 bits per heavy atom. The van der Waals surface area contributed by atoms with Gasteiger partial charge in [0.2, 0.25) is 0 Å². The minimum absolute atomic E-state index is 0.359. The maximum absolute atomic E-state index is 8.74. The summed E-state index contributed by atoms with van der Waals surface area (Å²) >= 11 is 0. The van der Waals surface area contributed by atoms with Crippen molar-refractivity contribution in [1.82, 2.24) is 0 Å². The van der Waals surface area contributed by atoms with E-state index < -0.39 is 10.4 Å². The fourth-order valence-corrected chi connectivity index (χ4v) is 1.81. The normalized spacial score (nSPS) is 12.7. The first-order chi connectivity index (χ1) is 8.81. The van der Waals surface area contributed by atoms with Gasteiger partial charge >= 0.3 is 0 Å². The second-order valence-corrected chi connectivity index (χ2v) is 5.75. The molecule has 0 rings (SSSR count). The van der Waals surface area contributed by atoms with Crippen LogP contribution >= 0.6 is 0 Å². The average Bonchev–Trinajstić information content (AvgIpc) is 2.26. The molecule has 1 atom stereocenters. The summed E-state index contributed by atoms with van der Waals surface area (Å²) in [5.74, 6) is 0.718. The molecule has 0 aliphatic carbocycles. The maximum atomic E-state index is 8.74. The van der Waals surface area contributed by atoms with Crippen LogP contribution in [0.3, 0.4) is 0 Å². The van der Waals surface area contributed by atoms with E-state index in [0.29, 0.717) is 6.61 Å². The molecule has 0 amide bonds. The highest BCUT2D eigenvalue weighted by Gasteiger charge is 2.00. The summed E-state index contributed by atoms with van der Waals surface area (Å²) in [5, 5.41) is 8.74. The standard InChI is InChI=1S/C13H28O.H2O4S/c1-3-4-5-6-7-8-9-10-13(2)11-12-14;1-5(2,3)4/h13-14H,3-12H2,1-2H3;(H2,1,2,3,4)/p-2. The van der Waals surface area contributed by atoms with Crippen molar-refractivity contribution in [2.45, 2.75) is 71.6 Å². The third kappa shape index (κ3) is 31.9. The van der Waals surface area contributed by atoms with Gasteiger partial charge in [-0.2, -0.15) is 0 Å². The molecule has 0 saturated heterocycles. The Hall–Kier alpha value is -0.170. The van der Waals surface area contributed by atoms with Crippen molar-refractivity contribution in [3.05, 3.63) is 0 Å². The van der Waals surface area contributed by atoms with Crippen LogP contribution in [0.15, 0.2) is 0 Å². The van der Waals surface area contributed by atoms with Gasteiger partial charge in [0.1, 0.15) is 0 Å². The number of rotatable bonds is 10. The molecule has 0 saturated carbocycles. The van der Waals surface area contributed by atoms with Gasteiger partial charge in [-0.1, -0.05) is 65.2 Å². The lowest BCUT2D eigenvalue weighted by atomic mass is 9.99. The van der Waals surface area contributed by atoms with Crippen molar-refractivity contribution in [3.8, 4) is 0 Å². The number of aliphatic hydroxyl groups is 1. The van der Waals surface area contributed by atoms with Crippen LogP contribution < -0.4 is 0 Å². The molecule has 19 heavy (non-hydrogen) atoms. The van der Waals surface area contributed by atoms with Crippen LogP contribution in [0.5, 0.6) is 0 Å². The average molecular weight is 296 g/mol. The predicted octanol–water partition coefficient (Wildman–Crippen LogP) is 2.81. The van der Waals surface area contributed by atoms with E-state index in [1.165, 1.54) is 51.4 Å². The van der Waals surface area contributed by atoms with Crippen molar-refractivity contribution in [1.29, 1.82) is 0 Å². The van der Waals surface area contributed by atoms with Crippen LogP contribution in [0.2, 0.25) is 0 Å². The Kier molecular flexibility index (Phi) is 15.8. The lowest BCUT2D eigenvalue weighted by molar-refractivity contribution is 0.256. The SMILES string of the molecule is CCCCCCCCCC(C)CCO.O=S(=O)([O-])[O-]. The lowest BCUT2D eigenvalue weighted by Crippen LogP contribution is -1.97. The maximum Gasteiger partial charge on any atom is 0.0433 e. The minimum Gasteiger partial charge on any atom is -0.759 e. The predicted molar refractivity (Wildman–Crippen MR) is 74.0 cm³/mol. The third-order valence-corrected chi connectivity index (χ3v) is 2.92. The summed E-state index contributed by atoms with van der Waals surface area (Å²) in [6, 6.07) is 0. The molecule has 0 radical (unpaired) electrons. The van der Waals surface area contributed by atoms with Gasteiger partial charge in [0.15, 0.2) is 0 Å². The topological polar surface area (TPSA) is 100 Å². The molecule has 118 valence electrons. The monoisotopic (exact) mass is 296 g/mol. The van der Waals surface area contributed by atoms with E-state index in [0.717, 1.165) is 12.3 Å². The van der Waals surface area contributed by atoms with E-state index in [-0.39, 0.29) is 0 Å². The van der Waals surface area contributed by atoms with Crippen LogP contribution in [0, 0.1) is 5.92 Å². The van der Waals surface area contributed by atoms with E-state index >= 15 is 0 Å². The molecular weight excluding hydrogens is 268 g/mol. The van der Waals surface area contributed by atoms with Gasteiger partial charge < -0.3 is 14.2 Å². The molecular formula is C13H28O5S-2. The summed E-state index contributed by atoms with van der Waals surface area (Å²) in [6.07, 6.45) is 12.0. The Morgan fingerprint density at radius 2 is 1.37 bits per heavy atom. The molecule has 0 bridgehead atoms. The van der Waals surface area contributed by atoms with Gasteiger partial charge in [-0.15, -0.1) is 0 Å². The number of hydrogen-bond acceptors (Lipinski definition) is 5. The second-order valence-electron chi connectivity index (χ2n) is 4.94. The van der Waals surface area contributed by atoms with Crippen LogP contribution in [0.1, 0.15) is 71.6 Å². The smallest absolute Gasteiger partial charge is 0.0433 e. The van der Waals surface area contributed by atoms with E-state index in [2.05, 4.69) is 13.8 Å². The minimum atomic E-state index is -5.17. The number of unbranched alkanes of at least 4 members (excludes halogenated alkanes) is 6. The van der Waals surface area contributed by atoms with E-state index in [1.807, 2.05) is 0 Å². The molecule has 0 fully saturated rings. The Balaban J connectivity index is 0. The summed E-state index contributed by atoms with van der Waals surface area (Å²) < 4.78 is 34.1. The zero-order valence-electron chi connectivity index (χ0n) is 12.1. The molecule has 0 aromatic heterocycles. The molecule has 0 aromatic rings. The van der Waals surface area contributed by atoms with Gasteiger partial charge in [-0.25, -0.2) is 0 Å². The molecule has 6 heteroatoms. The fraction of sp³-hybridized carbons (Fsp3) is 1.00. The van der Waals surface area contributed by atoms with E-state index in [1.54, 1.807) is 0 Å². The molecule has 0 aromatic carbocycles. The fourth-order valence-electron chi connectivity index (χ4n) is 1.81. The first kappa shape index (κ1) is 21.1. The Bertz CT molecular complexity index is 256. The lowest BCUT2D eigenvalue weighted by Gasteiger charge is -2.08. The molecule has 0 aliphatic heterocycles. The first-order valence-electron chi connectivity index (χ1n) is 7.08. The van der Waals surface area contributed by atoms with E-state index in [4.69, 9.17) is 22.6 Å². The first-order valence-corrected chi connectivity index (χ1v) is 8.42.